The first-order chi connectivity index (χ1) is 29.7. The van der Waals surface area contributed by atoms with Crippen LogP contribution < -0.4 is 0 Å². The molecular formula is C45H42F8N8O. The Morgan fingerprint density at radius 2 is 0.935 bits per heavy atom. The zero-order valence-electron chi connectivity index (χ0n) is 33.2. The SMILES string of the molecule is O=C(C1CCN(CC(c2ccc(C(F)(F)F)cc2)n2cncn2)C(c2ccc(F)cc2)C1)C1CCN(CC(c2ccc(C(F)(F)F)cc2)n2cncn2)C(c2ccc(F)cc2)C1. The molecule has 2 fully saturated rings. The number of ketones is 1. The smallest absolute Gasteiger partial charge is 0.299 e. The molecule has 0 saturated carbocycles. The molecule has 62 heavy (non-hydrogen) atoms. The number of Topliss-reactive ketones (excluding diaryl/α,β-unsaturated/α-hetero) is 1. The molecule has 9 nitrogen and oxygen atoms in total. The van der Waals surface area contributed by atoms with Gasteiger partial charge in [0.2, 0.25) is 0 Å². The number of hydrogen-bond acceptors (Lipinski definition) is 7. The van der Waals surface area contributed by atoms with E-state index in [9.17, 15) is 39.9 Å². The van der Waals surface area contributed by atoms with Gasteiger partial charge in [0.1, 0.15) is 42.7 Å². The highest BCUT2D eigenvalue weighted by Gasteiger charge is 2.41. The Hall–Kier alpha value is -5.81. The molecule has 0 N–H and O–H groups in total. The van der Waals surface area contributed by atoms with Crippen molar-refractivity contribution in [3.8, 4) is 0 Å². The second-order valence-electron chi connectivity index (χ2n) is 16.0. The van der Waals surface area contributed by atoms with Gasteiger partial charge in [-0.2, -0.15) is 36.5 Å². The lowest BCUT2D eigenvalue weighted by molar-refractivity contribution is -0.138. The van der Waals surface area contributed by atoms with Crippen LogP contribution in [0, 0.1) is 23.5 Å². The summed E-state index contributed by atoms with van der Waals surface area (Å²) in [4.78, 5) is 27.2. The van der Waals surface area contributed by atoms with E-state index in [0.29, 0.717) is 63.0 Å². The number of likely N-dealkylation sites (tertiary alicyclic amines) is 2. The first kappa shape index (κ1) is 42.9. The minimum atomic E-state index is -4.51. The molecule has 6 aromatic rings. The number of piperidine rings is 2. The van der Waals surface area contributed by atoms with E-state index in [-0.39, 0.29) is 29.7 Å². The maximum Gasteiger partial charge on any atom is 0.416 e. The number of alkyl halides is 6. The maximum absolute atomic E-state index is 14.7. The summed E-state index contributed by atoms with van der Waals surface area (Å²) in [7, 11) is 0. The number of hydrogen-bond donors (Lipinski definition) is 0. The van der Waals surface area contributed by atoms with Gasteiger partial charge in [0.05, 0.1) is 23.2 Å². The van der Waals surface area contributed by atoms with Crippen molar-refractivity contribution in [2.24, 2.45) is 11.8 Å². The number of benzene rings is 4. The third-order valence-electron chi connectivity index (χ3n) is 12.3. The fourth-order valence-electron chi connectivity index (χ4n) is 9.05. The van der Waals surface area contributed by atoms with Crippen molar-refractivity contribution in [1.29, 1.82) is 0 Å². The Bertz CT molecular complexity index is 2200. The summed E-state index contributed by atoms with van der Waals surface area (Å²) in [5.41, 5.74) is 1.20. The van der Waals surface area contributed by atoms with E-state index in [1.165, 1.54) is 73.8 Å². The number of halogens is 8. The molecule has 8 rings (SSSR count). The molecule has 17 heteroatoms. The first-order valence-corrected chi connectivity index (χ1v) is 20.3. The third kappa shape index (κ3) is 9.63. The lowest BCUT2D eigenvalue weighted by Gasteiger charge is -2.44. The lowest BCUT2D eigenvalue weighted by atomic mass is 9.75. The molecule has 2 saturated heterocycles. The third-order valence-corrected chi connectivity index (χ3v) is 12.3. The minimum absolute atomic E-state index is 0.0784. The predicted octanol–water partition coefficient (Wildman–Crippen LogP) is 9.54. The van der Waals surface area contributed by atoms with Gasteiger partial charge in [-0.1, -0.05) is 48.5 Å². The average Bonchev–Trinajstić information content (AvgIpc) is 4.01. The first-order valence-electron chi connectivity index (χ1n) is 20.3. The van der Waals surface area contributed by atoms with Crippen molar-refractivity contribution in [3.05, 3.63) is 167 Å². The predicted molar refractivity (Wildman–Crippen MR) is 211 cm³/mol. The van der Waals surface area contributed by atoms with Gasteiger partial charge in [0, 0.05) is 37.0 Å². The topological polar surface area (TPSA) is 85.0 Å². The van der Waals surface area contributed by atoms with E-state index in [4.69, 9.17) is 0 Å². The molecule has 6 atom stereocenters. The van der Waals surface area contributed by atoms with Gasteiger partial charge < -0.3 is 0 Å². The van der Waals surface area contributed by atoms with E-state index in [0.717, 1.165) is 35.4 Å². The van der Waals surface area contributed by atoms with Gasteiger partial charge in [-0.15, -0.1) is 0 Å². The highest BCUT2D eigenvalue weighted by molar-refractivity contribution is 5.84. The van der Waals surface area contributed by atoms with Crippen molar-refractivity contribution in [1.82, 2.24) is 39.3 Å². The van der Waals surface area contributed by atoms with E-state index in [2.05, 4.69) is 30.0 Å². The molecule has 4 heterocycles. The van der Waals surface area contributed by atoms with Crippen LogP contribution in [-0.4, -0.2) is 71.3 Å². The molecule has 0 bridgehead atoms. The molecule has 0 aliphatic carbocycles. The number of carbonyl (C=O) groups is 1. The van der Waals surface area contributed by atoms with Gasteiger partial charge in [0.15, 0.2) is 0 Å². The summed E-state index contributed by atoms with van der Waals surface area (Å²) in [6, 6.07) is 20.3. The summed E-state index contributed by atoms with van der Waals surface area (Å²) < 4.78 is 113. The van der Waals surface area contributed by atoms with Crippen molar-refractivity contribution < 1.29 is 39.9 Å². The highest BCUT2D eigenvalue weighted by Crippen LogP contribution is 2.43. The summed E-state index contributed by atoms with van der Waals surface area (Å²) >= 11 is 0. The normalized spacial score (nSPS) is 21.4. The quantitative estimate of drug-likeness (QED) is 0.113. The second kappa shape index (κ2) is 17.9. The Kier molecular flexibility index (Phi) is 12.4. The van der Waals surface area contributed by atoms with E-state index >= 15 is 0 Å². The van der Waals surface area contributed by atoms with Gasteiger partial charge in [-0.05, 0) is 110 Å². The monoisotopic (exact) mass is 862 g/mol. The van der Waals surface area contributed by atoms with Crippen LogP contribution in [0.25, 0.3) is 0 Å². The van der Waals surface area contributed by atoms with Crippen LogP contribution in [0.2, 0.25) is 0 Å². The number of nitrogens with zero attached hydrogens (tertiary/aromatic N) is 8. The average molecular weight is 863 g/mol. The van der Waals surface area contributed by atoms with Crippen LogP contribution in [0.15, 0.2) is 122 Å². The Morgan fingerprint density at radius 1 is 0.565 bits per heavy atom. The standard InChI is InChI=1S/C45H42F8N8O/c46-37-13-5-29(6-14-37)39-21-33(17-19-58(39)23-41(60-27-54-25-56-60)31-1-9-35(10-2-31)44(48,49)50)43(62)34-18-20-59(40(22-34)30-7-15-38(47)16-8-30)24-42(61-28-55-26-57-61)32-3-11-36(12-4-32)45(51,52)53/h1-16,25-28,33-34,39-42H,17-24H2. The van der Waals surface area contributed by atoms with Gasteiger partial charge in [-0.25, -0.2) is 28.1 Å². The Labute approximate surface area is 352 Å². The van der Waals surface area contributed by atoms with Gasteiger partial charge >= 0.3 is 12.4 Å². The van der Waals surface area contributed by atoms with E-state index in [1.54, 1.807) is 33.6 Å². The van der Waals surface area contributed by atoms with Crippen LogP contribution in [0.5, 0.6) is 0 Å². The molecule has 0 spiro atoms. The molecule has 2 aliphatic heterocycles. The molecule has 6 unspecified atom stereocenters. The fraction of sp³-hybridized carbons (Fsp3) is 0.356. The molecule has 0 amide bonds. The molecule has 4 aromatic carbocycles. The molecule has 324 valence electrons. The Morgan fingerprint density at radius 3 is 1.26 bits per heavy atom. The lowest BCUT2D eigenvalue weighted by Crippen LogP contribution is -2.46. The largest absolute Gasteiger partial charge is 0.416 e. The molecule has 2 aliphatic rings. The Balaban J connectivity index is 1.04. The van der Waals surface area contributed by atoms with Crippen molar-refractivity contribution in [2.75, 3.05) is 26.2 Å². The minimum Gasteiger partial charge on any atom is -0.299 e. The van der Waals surface area contributed by atoms with Crippen LogP contribution in [0.4, 0.5) is 35.1 Å². The fourth-order valence-corrected chi connectivity index (χ4v) is 9.05. The van der Waals surface area contributed by atoms with Crippen LogP contribution in [0.1, 0.15) is 83.2 Å². The van der Waals surface area contributed by atoms with Crippen molar-refractivity contribution in [3.63, 3.8) is 0 Å². The van der Waals surface area contributed by atoms with Gasteiger partial charge in [-0.3, -0.25) is 14.6 Å². The van der Waals surface area contributed by atoms with Crippen molar-refractivity contribution >= 4 is 5.78 Å². The van der Waals surface area contributed by atoms with E-state index < -0.39 is 47.2 Å². The molecule has 0 radical (unpaired) electrons. The number of carbonyl (C=O) groups excluding carboxylic acids is 1. The number of aromatic nitrogens is 6. The summed E-state index contributed by atoms with van der Waals surface area (Å²) in [5.74, 6) is -1.51. The zero-order chi connectivity index (χ0) is 43.6. The molecule has 2 aromatic heterocycles. The van der Waals surface area contributed by atoms with Gasteiger partial charge in [0.25, 0.3) is 0 Å². The maximum atomic E-state index is 14.7. The van der Waals surface area contributed by atoms with Crippen LogP contribution in [-0.2, 0) is 17.1 Å². The number of rotatable bonds is 12. The highest BCUT2D eigenvalue weighted by atomic mass is 19.4. The van der Waals surface area contributed by atoms with Crippen LogP contribution in [0.3, 0.4) is 0 Å². The summed E-state index contributed by atoms with van der Waals surface area (Å²) in [6.45, 7) is 1.54. The second-order valence-corrected chi connectivity index (χ2v) is 16.0. The van der Waals surface area contributed by atoms with Crippen LogP contribution >= 0.6 is 0 Å². The summed E-state index contributed by atoms with van der Waals surface area (Å²) in [6.07, 6.45) is -1.48. The van der Waals surface area contributed by atoms with E-state index in [1.807, 2.05) is 0 Å². The molecular weight excluding hydrogens is 821 g/mol. The summed E-state index contributed by atoms with van der Waals surface area (Å²) in [5, 5.41) is 8.65. The van der Waals surface area contributed by atoms with Crippen molar-refractivity contribution in [2.45, 2.75) is 62.2 Å². The zero-order valence-corrected chi connectivity index (χ0v) is 33.2.